The van der Waals surface area contributed by atoms with Crippen LogP contribution in [-0.2, 0) is 32.6 Å². The third-order valence-electron chi connectivity index (χ3n) is 5.98. The fourth-order valence-corrected chi connectivity index (χ4v) is 4.54. The molecule has 35 heavy (non-hydrogen) atoms. The molecule has 2 aromatic carbocycles. The van der Waals surface area contributed by atoms with Crippen LogP contribution in [0.25, 0.3) is 0 Å². The monoisotopic (exact) mass is 503 g/mol. The predicted octanol–water partition coefficient (Wildman–Crippen LogP) is 3.36. The van der Waals surface area contributed by atoms with Crippen molar-refractivity contribution in [1.29, 1.82) is 0 Å². The summed E-state index contributed by atoms with van der Waals surface area (Å²) in [5.41, 5.74) is 2.04. The number of nitrogens with zero attached hydrogens (tertiary/aromatic N) is 2. The molecule has 192 valence electrons. The van der Waals surface area contributed by atoms with E-state index in [-0.39, 0.29) is 18.5 Å². The van der Waals surface area contributed by atoms with Crippen molar-refractivity contribution >= 4 is 27.5 Å². The minimum atomic E-state index is -3.77. The van der Waals surface area contributed by atoms with Crippen molar-refractivity contribution in [2.75, 3.05) is 24.2 Å². The molecule has 0 heterocycles. The van der Waals surface area contributed by atoms with Crippen LogP contribution in [0.4, 0.5) is 5.69 Å². The maximum absolute atomic E-state index is 13.6. The molecular weight excluding hydrogens is 466 g/mol. The van der Waals surface area contributed by atoms with E-state index in [1.807, 2.05) is 39.0 Å². The standard InChI is InChI=1S/C26H37N3O5S/c1-7-19(3)27-26(31)20(4)28(17-21-12-11-14-23(16-21)34-5)25(30)18-29(35(6,32)33)24-15-10-9-13-22(24)8-2/h9-16,19-20H,7-8,17-18H2,1-6H3,(H,27,31)/t19-,20+/m1/s1. The van der Waals surface area contributed by atoms with Gasteiger partial charge in [0, 0.05) is 12.6 Å². The molecular formula is C26H37N3O5S. The minimum Gasteiger partial charge on any atom is -0.497 e. The van der Waals surface area contributed by atoms with E-state index in [1.54, 1.807) is 44.4 Å². The van der Waals surface area contributed by atoms with Gasteiger partial charge in [0.2, 0.25) is 21.8 Å². The summed E-state index contributed by atoms with van der Waals surface area (Å²) in [7, 11) is -2.21. The van der Waals surface area contributed by atoms with Gasteiger partial charge in [-0.2, -0.15) is 0 Å². The first-order chi connectivity index (χ1) is 16.5. The fraction of sp³-hybridized carbons (Fsp3) is 0.462. The van der Waals surface area contributed by atoms with Crippen molar-refractivity contribution in [3.63, 3.8) is 0 Å². The summed E-state index contributed by atoms with van der Waals surface area (Å²) in [4.78, 5) is 28.0. The molecule has 8 nitrogen and oxygen atoms in total. The van der Waals surface area contributed by atoms with E-state index >= 15 is 0 Å². The summed E-state index contributed by atoms with van der Waals surface area (Å²) in [6.45, 7) is 7.15. The molecule has 0 aliphatic rings. The van der Waals surface area contributed by atoms with Gasteiger partial charge in [0.1, 0.15) is 18.3 Å². The fourth-order valence-electron chi connectivity index (χ4n) is 3.66. The number of aryl methyl sites for hydroxylation is 1. The van der Waals surface area contributed by atoms with Crippen molar-refractivity contribution < 1.29 is 22.7 Å². The number of amides is 2. The zero-order valence-corrected chi connectivity index (χ0v) is 22.3. The quantitative estimate of drug-likeness (QED) is 0.479. The lowest BCUT2D eigenvalue weighted by Crippen LogP contribution is -2.52. The van der Waals surface area contributed by atoms with E-state index in [9.17, 15) is 18.0 Å². The van der Waals surface area contributed by atoms with Gasteiger partial charge in [0.25, 0.3) is 0 Å². The molecule has 0 fully saturated rings. The largest absolute Gasteiger partial charge is 0.497 e. The number of methoxy groups -OCH3 is 1. The number of hydrogen-bond acceptors (Lipinski definition) is 5. The number of ether oxygens (including phenoxy) is 1. The van der Waals surface area contributed by atoms with Crippen LogP contribution in [0.1, 0.15) is 45.2 Å². The molecule has 0 spiro atoms. The average molecular weight is 504 g/mol. The number of benzene rings is 2. The Morgan fingerprint density at radius 3 is 2.34 bits per heavy atom. The van der Waals surface area contributed by atoms with Crippen LogP contribution >= 0.6 is 0 Å². The molecule has 0 saturated carbocycles. The summed E-state index contributed by atoms with van der Waals surface area (Å²) < 4.78 is 31.9. The Labute approximate surface area is 209 Å². The zero-order valence-electron chi connectivity index (χ0n) is 21.4. The summed E-state index contributed by atoms with van der Waals surface area (Å²) in [5, 5.41) is 2.92. The second kappa shape index (κ2) is 12.6. The molecule has 0 saturated heterocycles. The van der Waals surface area contributed by atoms with E-state index in [1.165, 1.54) is 4.90 Å². The number of sulfonamides is 1. The molecule has 2 aromatic rings. The normalized spacial score (nSPS) is 13.0. The van der Waals surface area contributed by atoms with Crippen LogP contribution < -0.4 is 14.4 Å². The topological polar surface area (TPSA) is 96.0 Å². The van der Waals surface area contributed by atoms with E-state index in [0.717, 1.165) is 28.1 Å². The number of carbonyl (C=O) groups excluding carboxylic acids is 2. The first kappa shape index (κ1) is 28.2. The Bertz CT molecular complexity index is 1120. The molecule has 1 N–H and O–H groups in total. The first-order valence-electron chi connectivity index (χ1n) is 11.8. The summed E-state index contributed by atoms with van der Waals surface area (Å²) in [6, 6.07) is 13.5. The lowest BCUT2D eigenvalue weighted by Gasteiger charge is -2.32. The first-order valence-corrected chi connectivity index (χ1v) is 13.6. The van der Waals surface area contributed by atoms with Crippen molar-refractivity contribution in [3.05, 3.63) is 59.7 Å². The van der Waals surface area contributed by atoms with Crippen molar-refractivity contribution in [2.24, 2.45) is 0 Å². The molecule has 0 aliphatic heterocycles. The van der Waals surface area contributed by atoms with Gasteiger partial charge in [-0.25, -0.2) is 8.42 Å². The highest BCUT2D eigenvalue weighted by molar-refractivity contribution is 7.92. The van der Waals surface area contributed by atoms with Crippen LogP contribution in [0.5, 0.6) is 5.75 Å². The van der Waals surface area contributed by atoms with Gasteiger partial charge >= 0.3 is 0 Å². The Hall–Kier alpha value is -3.07. The summed E-state index contributed by atoms with van der Waals surface area (Å²) in [6.07, 6.45) is 2.44. The Balaban J connectivity index is 2.44. The smallest absolute Gasteiger partial charge is 0.244 e. The van der Waals surface area contributed by atoms with Crippen molar-refractivity contribution in [1.82, 2.24) is 10.2 Å². The van der Waals surface area contributed by atoms with Crippen LogP contribution in [0.3, 0.4) is 0 Å². The van der Waals surface area contributed by atoms with Crippen LogP contribution in [0, 0.1) is 0 Å². The summed E-state index contributed by atoms with van der Waals surface area (Å²) in [5.74, 6) is -0.146. The van der Waals surface area contributed by atoms with Gasteiger partial charge < -0.3 is 15.0 Å². The maximum Gasteiger partial charge on any atom is 0.244 e. The van der Waals surface area contributed by atoms with Gasteiger partial charge in [0.05, 0.1) is 19.1 Å². The summed E-state index contributed by atoms with van der Waals surface area (Å²) >= 11 is 0. The maximum atomic E-state index is 13.6. The number of para-hydroxylation sites is 1. The van der Waals surface area contributed by atoms with Gasteiger partial charge in [-0.3, -0.25) is 13.9 Å². The van der Waals surface area contributed by atoms with Gasteiger partial charge in [-0.15, -0.1) is 0 Å². The molecule has 2 amide bonds. The van der Waals surface area contributed by atoms with Crippen LogP contribution in [-0.4, -0.2) is 57.1 Å². The average Bonchev–Trinajstić information content (AvgIpc) is 2.84. The molecule has 2 atom stereocenters. The van der Waals surface area contributed by atoms with Gasteiger partial charge in [-0.05, 0) is 56.0 Å². The zero-order chi connectivity index (χ0) is 26.2. The molecule has 2 rings (SSSR count). The second-order valence-electron chi connectivity index (χ2n) is 8.62. The third-order valence-corrected chi connectivity index (χ3v) is 7.10. The number of anilines is 1. The van der Waals surface area contributed by atoms with Crippen LogP contribution in [0.15, 0.2) is 48.5 Å². The third kappa shape index (κ3) is 7.71. The molecule has 9 heteroatoms. The predicted molar refractivity (Wildman–Crippen MR) is 139 cm³/mol. The molecule has 0 aromatic heterocycles. The van der Waals surface area contributed by atoms with E-state index in [2.05, 4.69) is 5.32 Å². The van der Waals surface area contributed by atoms with Gasteiger partial charge in [0.15, 0.2) is 0 Å². The number of hydrogen-bond donors (Lipinski definition) is 1. The number of carbonyl (C=O) groups is 2. The molecule has 0 radical (unpaired) electrons. The van der Waals surface area contributed by atoms with Crippen molar-refractivity contribution in [2.45, 2.75) is 59.2 Å². The number of nitrogens with one attached hydrogen (secondary N) is 1. The Morgan fingerprint density at radius 1 is 1.06 bits per heavy atom. The van der Waals surface area contributed by atoms with Gasteiger partial charge in [-0.1, -0.05) is 44.2 Å². The lowest BCUT2D eigenvalue weighted by molar-refractivity contribution is -0.139. The van der Waals surface area contributed by atoms with E-state index in [4.69, 9.17) is 4.74 Å². The molecule has 0 bridgehead atoms. The van der Waals surface area contributed by atoms with E-state index < -0.39 is 28.5 Å². The Morgan fingerprint density at radius 2 is 1.74 bits per heavy atom. The highest BCUT2D eigenvalue weighted by atomic mass is 32.2. The molecule has 0 aliphatic carbocycles. The molecule has 0 unspecified atom stereocenters. The van der Waals surface area contributed by atoms with Crippen molar-refractivity contribution in [3.8, 4) is 5.75 Å². The highest BCUT2D eigenvalue weighted by Crippen LogP contribution is 2.24. The Kier molecular flexibility index (Phi) is 10.1. The highest BCUT2D eigenvalue weighted by Gasteiger charge is 2.31. The SMILES string of the molecule is CCc1ccccc1N(CC(=O)N(Cc1cccc(OC)c1)[C@@H](C)C(=O)N[C@H](C)CC)S(C)(=O)=O. The van der Waals surface area contributed by atoms with E-state index in [0.29, 0.717) is 17.9 Å². The van der Waals surface area contributed by atoms with Crippen LogP contribution in [0.2, 0.25) is 0 Å². The lowest BCUT2D eigenvalue weighted by atomic mass is 10.1. The minimum absolute atomic E-state index is 0.0531. The second-order valence-corrected chi connectivity index (χ2v) is 10.5. The number of rotatable bonds is 12.